The van der Waals surface area contributed by atoms with Crippen molar-refractivity contribution >= 4 is 34.8 Å². The Morgan fingerprint density at radius 2 is 1.62 bits per heavy atom. The van der Waals surface area contributed by atoms with Gasteiger partial charge in [-0.2, -0.15) is 5.10 Å². The lowest BCUT2D eigenvalue weighted by atomic mass is 10.2. The van der Waals surface area contributed by atoms with E-state index >= 15 is 0 Å². The summed E-state index contributed by atoms with van der Waals surface area (Å²) < 4.78 is 12.5. The Morgan fingerprint density at radius 1 is 0.925 bits per heavy atom. The number of rotatable bonds is 10. The minimum Gasteiger partial charge on any atom is -0.497 e. The molecule has 0 saturated carbocycles. The van der Waals surface area contributed by atoms with Crippen molar-refractivity contribution in [3.8, 4) is 17.2 Å². The Balaban J connectivity index is 1.22. The van der Waals surface area contributed by atoms with E-state index in [-0.39, 0.29) is 17.2 Å². The molecule has 1 aromatic heterocycles. The van der Waals surface area contributed by atoms with Crippen molar-refractivity contribution in [2.24, 2.45) is 5.10 Å². The van der Waals surface area contributed by atoms with Gasteiger partial charge in [0.05, 0.1) is 35.7 Å². The first-order valence-corrected chi connectivity index (χ1v) is 13.5. The Labute approximate surface area is 235 Å². The average molecular weight is 551 g/mol. The highest BCUT2D eigenvalue weighted by molar-refractivity contribution is 7.99. The van der Waals surface area contributed by atoms with Gasteiger partial charge >= 0.3 is 0 Å². The number of hydrazone groups is 1. The molecule has 1 N–H and O–H groups in total. The molecule has 0 spiro atoms. The van der Waals surface area contributed by atoms with Gasteiger partial charge in [0.1, 0.15) is 18.1 Å². The van der Waals surface area contributed by atoms with E-state index in [1.807, 2.05) is 60.7 Å². The Morgan fingerprint density at radius 3 is 2.38 bits per heavy atom. The molecule has 0 unspecified atom stereocenters. The molecular weight excluding hydrogens is 524 g/mol. The number of nitrogens with one attached hydrogen (secondary N) is 1. The van der Waals surface area contributed by atoms with Crippen molar-refractivity contribution in [2.75, 3.05) is 12.9 Å². The Bertz CT molecular complexity index is 1690. The van der Waals surface area contributed by atoms with Crippen molar-refractivity contribution < 1.29 is 14.3 Å². The van der Waals surface area contributed by atoms with E-state index in [0.29, 0.717) is 34.1 Å². The SMILES string of the molecule is COc1ccc(-n2c(SCC(=O)NN=Cc3ccc(OCc4ccccc4)cc3)nc3ccccc3c2=O)cc1. The van der Waals surface area contributed by atoms with E-state index in [4.69, 9.17) is 9.47 Å². The number of amides is 1. The molecule has 1 amide bonds. The van der Waals surface area contributed by atoms with Gasteiger partial charge in [0.2, 0.25) is 0 Å². The van der Waals surface area contributed by atoms with Crippen LogP contribution in [0.3, 0.4) is 0 Å². The number of methoxy groups -OCH3 is 1. The highest BCUT2D eigenvalue weighted by atomic mass is 32.2. The number of fused-ring (bicyclic) bond motifs is 1. The van der Waals surface area contributed by atoms with E-state index in [0.717, 1.165) is 28.6 Å². The quantitative estimate of drug-likeness (QED) is 0.111. The van der Waals surface area contributed by atoms with E-state index in [1.165, 1.54) is 4.57 Å². The van der Waals surface area contributed by atoms with E-state index in [2.05, 4.69) is 15.5 Å². The van der Waals surface area contributed by atoms with Crippen molar-refractivity contribution in [2.45, 2.75) is 11.8 Å². The number of aromatic nitrogens is 2. The summed E-state index contributed by atoms with van der Waals surface area (Å²) in [5.41, 5.74) is 5.41. The molecule has 0 bridgehead atoms. The lowest BCUT2D eigenvalue weighted by molar-refractivity contribution is -0.118. The van der Waals surface area contributed by atoms with Crippen LogP contribution in [0.2, 0.25) is 0 Å². The molecule has 4 aromatic carbocycles. The summed E-state index contributed by atoms with van der Waals surface area (Å²) in [5.74, 6) is 1.11. The van der Waals surface area contributed by atoms with Crippen molar-refractivity contribution in [3.63, 3.8) is 0 Å². The molecule has 200 valence electrons. The van der Waals surface area contributed by atoms with Crippen LogP contribution in [0.1, 0.15) is 11.1 Å². The number of thioether (sulfide) groups is 1. The number of nitrogens with zero attached hydrogens (tertiary/aromatic N) is 3. The number of carbonyl (C=O) groups is 1. The summed E-state index contributed by atoms with van der Waals surface area (Å²) in [5, 5.41) is 4.96. The van der Waals surface area contributed by atoms with E-state index < -0.39 is 0 Å². The molecule has 8 nitrogen and oxygen atoms in total. The van der Waals surface area contributed by atoms with Gasteiger partial charge in [0.25, 0.3) is 11.5 Å². The van der Waals surface area contributed by atoms with E-state index in [1.54, 1.807) is 55.8 Å². The zero-order valence-corrected chi connectivity index (χ0v) is 22.5. The normalized spacial score (nSPS) is 11.0. The number of ether oxygens (including phenoxy) is 2. The number of hydrogen-bond donors (Lipinski definition) is 1. The van der Waals surface area contributed by atoms with Gasteiger partial charge in [-0.3, -0.25) is 14.2 Å². The number of carbonyl (C=O) groups excluding carboxylic acids is 1. The monoisotopic (exact) mass is 550 g/mol. The summed E-state index contributed by atoms with van der Waals surface area (Å²) in [6.07, 6.45) is 1.56. The maximum absolute atomic E-state index is 13.4. The van der Waals surface area contributed by atoms with Gasteiger partial charge in [-0.05, 0) is 71.8 Å². The molecule has 0 atom stereocenters. The smallest absolute Gasteiger partial charge is 0.266 e. The molecule has 40 heavy (non-hydrogen) atoms. The molecule has 5 rings (SSSR count). The van der Waals surface area contributed by atoms with Gasteiger partial charge in [-0.25, -0.2) is 10.4 Å². The zero-order valence-electron chi connectivity index (χ0n) is 21.7. The third-order valence-corrected chi connectivity index (χ3v) is 6.88. The molecule has 1 heterocycles. The van der Waals surface area contributed by atoms with E-state index in [9.17, 15) is 9.59 Å². The summed E-state index contributed by atoms with van der Waals surface area (Å²) >= 11 is 1.16. The lowest BCUT2D eigenvalue weighted by Gasteiger charge is -2.13. The first kappa shape index (κ1) is 26.7. The third kappa shape index (κ3) is 6.57. The highest BCUT2D eigenvalue weighted by Gasteiger charge is 2.15. The van der Waals surface area contributed by atoms with Gasteiger partial charge < -0.3 is 9.47 Å². The van der Waals surface area contributed by atoms with Crippen LogP contribution in [0.15, 0.2) is 118 Å². The van der Waals surface area contributed by atoms with Gasteiger partial charge in [-0.1, -0.05) is 54.2 Å². The second kappa shape index (κ2) is 12.8. The molecule has 0 radical (unpaired) electrons. The predicted octanol–water partition coefficient (Wildman–Crippen LogP) is 5.22. The van der Waals surface area contributed by atoms with Crippen molar-refractivity contribution in [3.05, 3.63) is 125 Å². The zero-order chi connectivity index (χ0) is 27.7. The van der Waals surface area contributed by atoms with Crippen LogP contribution in [0.5, 0.6) is 11.5 Å². The number of benzene rings is 4. The Hall–Kier alpha value is -4.89. The van der Waals surface area contributed by atoms with Crippen LogP contribution >= 0.6 is 11.8 Å². The maximum Gasteiger partial charge on any atom is 0.266 e. The van der Waals surface area contributed by atoms with Crippen LogP contribution in [0, 0.1) is 0 Å². The fourth-order valence-corrected chi connectivity index (χ4v) is 4.71. The third-order valence-electron chi connectivity index (χ3n) is 5.94. The first-order valence-electron chi connectivity index (χ1n) is 12.5. The largest absolute Gasteiger partial charge is 0.497 e. The highest BCUT2D eigenvalue weighted by Crippen LogP contribution is 2.23. The molecule has 5 aromatic rings. The van der Waals surface area contributed by atoms with Gasteiger partial charge in [0.15, 0.2) is 5.16 Å². The van der Waals surface area contributed by atoms with Crippen LogP contribution in [-0.4, -0.2) is 34.5 Å². The van der Waals surface area contributed by atoms with Crippen molar-refractivity contribution in [1.82, 2.24) is 15.0 Å². The summed E-state index contributed by atoms with van der Waals surface area (Å²) in [6.45, 7) is 0.486. The summed E-state index contributed by atoms with van der Waals surface area (Å²) in [4.78, 5) is 30.6. The lowest BCUT2D eigenvalue weighted by Crippen LogP contribution is -2.24. The molecule has 0 fully saturated rings. The molecule has 0 saturated heterocycles. The van der Waals surface area contributed by atoms with Gasteiger partial charge in [0, 0.05) is 0 Å². The van der Waals surface area contributed by atoms with Crippen LogP contribution in [0.25, 0.3) is 16.6 Å². The predicted molar refractivity (Wildman–Crippen MR) is 158 cm³/mol. The molecule has 9 heteroatoms. The Kier molecular flexibility index (Phi) is 8.53. The van der Waals surface area contributed by atoms with Crippen LogP contribution < -0.4 is 20.5 Å². The molecule has 0 aliphatic carbocycles. The number of para-hydroxylation sites is 1. The first-order chi connectivity index (χ1) is 19.6. The van der Waals surface area contributed by atoms with Crippen LogP contribution in [-0.2, 0) is 11.4 Å². The molecular formula is C31H26N4O4S. The second-order valence-corrected chi connectivity index (χ2v) is 9.62. The molecule has 0 aliphatic heterocycles. The standard InChI is InChI=1S/C31H26N4O4S/c1-38-25-17-13-24(14-18-25)35-30(37)27-9-5-6-10-28(27)33-31(35)40-21-29(36)34-32-19-22-11-15-26(16-12-22)39-20-23-7-3-2-4-8-23/h2-19H,20-21H2,1H3,(H,34,36). The second-order valence-electron chi connectivity index (χ2n) is 8.68. The van der Waals surface area contributed by atoms with Gasteiger partial charge in [-0.15, -0.1) is 0 Å². The minimum absolute atomic E-state index is 0.0184. The van der Waals surface area contributed by atoms with Crippen LogP contribution in [0.4, 0.5) is 0 Å². The topological polar surface area (TPSA) is 94.8 Å². The average Bonchev–Trinajstić information content (AvgIpc) is 3.00. The van der Waals surface area contributed by atoms with Crippen molar-refractivity contribution in [1.29, 1.82) is 0 Å². The minimum atomic E-state index is -0.326. The summed E-state index contributed by atoms with van der Waals surface area (Å²) in [7, 11) is 1.58. The maximum atomic E-state index is 13.4. The molecule has 0 aliphatic rings. The number of hydrogen-bond acceptors (Lipinski definition) is 7. The fraction of sp³-hybridized carbons (Fsp3) is 0.0968. The fourth-order valence-electron chi connectivity index (χ4n) is 3.90. The summed E-state index contributed by atoms with van der Waals surface area (Å²) in [6, 6.07) is 31.6.